The molecule has 68 valence electrons. The fraction of sp³-hybridized carbons (Fsp3) is 0. The molecule has 2 aromatic heterocycles. The van der Waals surface area contributed by atoms with Gasteiger partial charge in [-0.15, -0.1) is 0 Å². The summed E-state index contributed by atoms with van der Waals surface area (Å²) in [5.41, 5.74) is -0.322. The molecule has 0 atom stereocenters. The Morgan fingerprint density at radius 1 is 1.23 bits per heavy atom. The predicted molar refractivity (Wildman–Crippen MR) is 45.1 cm³/mol. The maximum Gasteiger partial charge on any atom is 0.267 e. The first kappa shape index (κ1) is 8.98. The Morgan fingerprint density at radius 2 is 1.92 bits per heavy atom. The van der Waals surface area contributed by atoms with E-state index in [0.717, 1.165) is 6.07 Å². The average molecular weight is 180 g/mol. The van der Waals surface area contributed by atoms with Gasteiger partial charge in [0.25, 0.3) is 5.56 Å². The lowest BCUT2D eigenvalue weighted by Gasteiger charge is -1.70. The molecule has 0 saturated heterocycles. The van der Waals surface area contributed by atoms with Gasteiger partial charge in [0.2, 0.25) is 5.88 Å². The van der Waals surface area contributed by atoms with Gasteiger partial charge < -0.3 is 5.11 Å². The third-order valence-corrected chi connectivity index (χ3v) is 1.06. The highest BCUT2D eigenvalue weighted by Gasteiger charge is 1.85. The van der Waals surface area contributed by atoms with Crippen LogP contribution in [0.2, 0.25) is 0 Å². The number of aromatic hydroxyl groups is 1. The summed E-state index contributed by atoms with van der Waals surface area (Å²) >= 11 is 0. The number of hydrogen-bond donors (Lipinski definition) is 3. The molecule has 0 saturated carbocycles. The summed E-state index contributed by atoms with van der Waals surface area (Å²) in [4.78, 5) is 17.4. The second kappa shape index (κ2) is 4.70. The fourth-order valence-corrected chi connectivity index (χ4v) is 0.575. The molecule has 6 heteroatoms. The molecule has 0 spiro atoms. The molecule has 0 bridgehead atoms. The Bertz CT molecular complexity index is 354. The van der Waals surface area contributed by atoms with Crippen LogP contribution in [0.3, 0.4) is 0 Å². The van der Waals surface area contributed by atoms with Crippen molar-refractivity contribution in [3.63, 3.8) is 0 Å². The van der Waals surface area contributed by atoms with Crippen LogP contribution in [0.25, 0.3) is 0 Å². The minimum atomic E-state index is -0.322. The Balaban J connectivity index is 0.000000132. The molecule has 0 unspecified atom stereocenters. The number of nitrogens with zero attached hydrogens (tertiary/aromatic N) is 2. The first-order valence-corrected chi connectivity index (χ1v) is 3.45. The molecule has 0 aliphatic carbocycles. The first-order chi connectivity index (χ1) is 6.29. The smallest absolute Gasteiger partial charge is 0.267 e. The maximum atomic E-state index is 10.0. The van der Waals surface area contributed by atoms with E-state index in [4.69, 9.17) is 5.11 Å². The van der Waals surface area contributed by atoms with Gasteiger partial charge in [0.05, 0.1) is 6.07 Å². The second-order valence-electron chi connectivity index (χ2n) is 2.05. The lowest BCUT2D eigenvalue weighted by molar-refractivity contribution is 0.452. The van der Waals surface area contributed by atoms with E-state index in [-0.39, 0.29) is 11.4 Å². The molecule has 0 aliphatic heterocycles. The van der Waals surface area contributed by atoms with Crippen molar-refractivity contribution in [3.8, 4) is 5.88 Å². The number of aromatic nitrogens is 4. The summed E-state index contributed by atoms with van der Waals surface area (Å²) in [5, 5.41) is 12.7. The van der Waals surface area contributed by atoms with Gasteiger partial charge in [-0.2, -0.15) is 0 Å². The van der Waals surface area contributed by atoms with Crippen molar-refractivity contribution in [1.82, 2.24) is 20.2 Å². The summed E-state index contributed by atoms with van der Waals surface area (Å²) in [5.74, 6) is -0.134. The van der Waals surface area contributed by atoms with Crippen LogP contribution < -0.4 is 5.56 Å². The quantitative estimate of drug-likeness (QED) is 0.527. The zero-order chi connectivity index (χ0) is 9.52. The van der Waals surface area contributed by atoms with Crippen molar-refractivity contribution in [1.29, 1.82) is 0 Å². The molecule has 6 nitrogen and oxygen atoms in total. The molecule has 3 N–H and O–H groups in total. The summed E-state index contributed by atoms with van der Waals surface area (Å²) in [6.07, 6.45) is 4.88. The normalized spacial score (nSPS) is 8.62. The third-order valence-electron chi connectivity index (χ3n) is 1.06. The Morgan fingerprint density at radius 3 is 2.08 bits per heavy atom. The van der Waals surface area contributed by atoms with Crippen molar-refractivity contribution >= 4 is 0 Å². The van der Waals surface area contributed by atoms with Gasteiger partial charge in [-0.3, -0.25) is 15.0 Å². The first-order valence-electron chi connectivity index (χ1n) is 3.45. The van der Waals surface area contributed by atoms with Crippen LogP contribution in [0.15, 0.2) is 35.6 Å². The van der Waals surface area contributed by atoms with Crippen molar-refractivity contribution in [2.24, 2.45) is 0 Å². The summed E-state index contributed by atoms with van der Waals surface area (Å²) < 4.78 is 0. The van der Waals surface area contributed by atoms with Crippen LogP contribution in [-0.4, -0.2) is 25.3 Å². The minimum Gasteiger partial charge on any atom is -0.494 e. The highest BCUT2D eigenvalue weighted by Crippen LogP contribution is 1.89. The highest BCUT2D eigenvalue weighted by atomic mass is 16.3. The van der Waals surface area contributed by atoms with Crippen molar-refractivity contribution < 1.29 is 5.11 Å². The van der Waals surface area contributed by atoms with Crippen LogP contribution >= 0.6 is 0 Å². The van der Waals surface area contributed by atoms with E-state index < -0.39 is 0 Å². The van der Waals surface area contributed by atoms with Gasteiger partial charge in [-0.1, -0.05) is 0 Å². The van der Waals surface area contributed by atoms with E-state index in [2.05, 4.69) is 20.2 Å². The van der Waals surface area contributed by atoms with Gasteiger partial charge in [0, 0.05) is 12.4 Å². The van der Waals surface area contributed by atoms with Crippen molar-refractivity contribution in [2.45, 2.75) is 0 Å². The van der Waals surface area contributed by atoms with Gasteiger partial charge in [0.15, 0.2) is 0 Å². The Hall–Kier alpha value is -2.11. The van der Waals surface area contributed by atoms with Crippen LogP contribution in [-0.2, 0) is 0 Å². The monoisotopic (exact) mass is 180 g/mol. The highest BCUT2D eigenvalue weighted by molar-refractivity contribution is 5.00. The zero-order valence-corrected chi connectivity index (χ0v) is 6.64. The van der Waals surface area contributed by atoms with E-state index >= 15 is 0 Å². The molecular weight excluding hydrogens is 172 g/mol. The molecular formula is C7H8N4O2. The number of nitrogens with one attached hydrogen (secondary N) is 2. The fourth-order valence-electron chi connectivity index (χ4n) is 0.575. The summed E-state index contributed by atoms with van der Waals surface area (Å²) in [7, 11) is 0. The molecule has 0 aromatic carbocycles. The number of rotatable bonds is 0. The van der Waals surface area contributed by atoms with Crippen LogP contribution in [0.4, 0.5) is 0 Å². The van der Waals surface area contributed by atoms with E-state index in [0.29, 0.717) is 0 Å². The van der Waals surface area contributed by atoms with E-state index in [9.17, 15) is 4.79 Å². The van der Waals surface area contributed by atoms with Crippen molar-refractivity contribution in [3.05, 3.63) is 41.2 Å². The van der Waals surface area contributed by atoms with E-state index in [1.165, 1.54) is 6.33 Å². The molecule has 0 radical (unpaired) electrons. The van der Waals surface area contributed by atoms with Gasteiger partial charge >= 0.3 is 0 Å². The molecule has 0 amide bonds. The zero-order valence-electron chi connectivity index (χ0n) is 6.64. The average Bonchev–Trinajstić information content (AvgIpc) is 2.54. The van der Waals surface area contributed by atoms with Crippen LogP contribution in [0, 0.1) is 0 Å². The summed E-state index contributed by atoms with van der Waals surface area (Å²) in [6, 6.07) is 2.83. The molecule has 2 aromatic rings. The Kier molecular flexibility index (Phi) is 3.25. The number of H-pyrrole nitrogens is 2. The second-order valence-corrected chi connectivity index (χ2v) is 2.05. The SMILES string of the molecule is O=c1cc(O)[nH][nH]1.c1cncnc1. The minimum absolute atomic E-state index is 0.134. The topological polar surface area (TPSA) is 94.7 Å². The number of aromatic amines is 2. The third kappa shape index (κ3) is 3.71. The maximum absolute atomic E-state index is 10.0. The van der Waals surface area contributed by atoms with E-state index in [1.807, 2.05) is 0 Å². The standard InChI is InChI=1S/C4H4N2.C3H4N2O2/c1-2-5-4-6-3-1;6-2-1-3(7)5-4-2/h1-4H;1H,(H3,4,5,6,7). The van der Waals surface area contributed by atoms with Gasteiger partial charge in [-0.05, 0) is 6.07 Å². The summed E-state index contributed by atoms with van der Waals surface area (Å²) in [6.45, 7) is 0. The molecule has 2 rings (SSSR count). The lowest BCUT2D eigenvalue weighted by atomic mass is 10.7. The largest absolute Gasteiger partial charge is 0.494 e. The number of hydrogen-bond acceptors (Lipinski definition) is 4. The molecule has 2 heterocycles. The lowest BCUT2D eigenvalue weighted by Crippen LogP contribution is -1.93. The molecule has 0 aliphatic rings. The van der Waals surface area contributed by atoms with Gasteiger partial charge in [-0.25, -0.2) is 9.97 Å². The Labute approximate surface area is 73.3 Å². The van der Waals surface area contributed by atoms with Crippen molar-refractivity contribution in [2.75, 3.05) is 0 Å². The molecule has 13 heavy (non-hydrogen) atoms. The van der Waals surface area contributed by atoms with Crippen LogP contribution in [0.5, 0.6) is 5.88 Å². The predicted octanol–water partition coefficient (Wildman–Crippen LogP) is -0.115. The molecule has 0 fully saturated rings. The van der Waals surface area contributed by atoms with E-state index in [1.54, 1.807) is 18.5 Å². The van der Waals surface area contributed by atoms with Crippen LogP contribution in [0.1, 0.15) is 0 Å². The van der Waals surface area contributed by atoms with Gasteiger partial charge in [0.1, 0.15) is 6.33 Å².